The number of rotatable bonds is 3. The van der Waals surface area contributed by atoms with Gasteiger partial charge in [-0.3, -0.25) is 9.00 Å². The van der Waals surface area contributed by atoms with Crippen molar-refractivity contribution in [1.82, 2.24) is 4.90 Å². The van der Waals surface area contributed by atoms with Crippen LogP contribution < -0.4 is 5.73 Å². The summed E-state index contributed by atoms with van der Waals surface area (Å²) >= 11 is 0. The number of nitrogen functional groups attached to an aromatic ring is 1. The van der Waals surface area contributed by atoms with Crippen molar-refractivity contribution in [2.75, 3.05) is 24.6 Å². The van der Waals surface area contributed by atoms with Gasteiger partial charge in [0, 0.05) is 18.8 Å². The number of anilines is 1. The molecular formula is C12H16N2O2S. The predicted molar refractivity (Wildman–Crippen MR) is 67.9 cm³/mol. The molecule has 0 radical (unpaired) electrons. The molecule has 1 fully saturated rings. The quantitative estimate of drug-likeness (QED) is 0.816. The minimum Gasteiger partial charge on any atom is -0.398 e. The molecule has 0 bridgehead atoms. The van der Waals surface area contributed by atoms with E-state index in [4.69, 9.17) is 5.73 Å². The molecule has 4 nitrogen and oxygen atoms in total. The van der Waals surface area contributed by atoms with Gasteiger partial charge in [-0.05, 0) is 25.0 Å². The third kappa shape index (κ3) is 2.85. The normalized spacial score (nSPS) is 17.1. The van der Waals surface area contributed by atoms with E-state index in [2.05, 4.69) is 0 Å². The molecule has 0 aromatic heterocycles. The van der Waals surface area contributed by atoms with Gasteiger partial charge in [0.05, 0.1) is 15.7 Å². The number of benzene rings is 1. The molecule has 1 atom stereocenters. The van der Waals surface area contributed by atoms with E-state index in [1.54, 1.807) is 29.2 Å². The van der Waals surface area contributed by atoms with Gasteiger partial charge in [-0.2, -0.15) is 0 Å². The van der Waals surface area contributed by atoms with Gasteiger partial charge >= 0.3 is 0 Å². The van der Waals surface area contributed by atoms with Crippen molar-refractivity contribution in [1.29, 1.82) is 0 Å². The van der Waals surface area contributed by atoms with Crippen LogP contribution in [0.15, 0.2) is 29.2 Å². The largest absolute Gasteiger partial charge is 0.398 e. The highest BCUT2D eigenvalue weighted by Gasteiger charge is 2.20. The van der Waals surface area contributed by atoms with E-state index in [9.17, 15) is 9.00 Å². The van der Waals surface area contributed by atoms with Crippen LogP contribution in [0.25, 0.3) is 0 Å². The molecule has 1 saturated heterocycles. The number of hydrogen-bond donors (Lipinski definition) is 1. The first-order valence-electron chi connectivity index (χ1n) is 5.69. The van der Waals surface area contributed by atoms with Crippen molar-refractivity contribution in [3.8, 4) is 0 Å². The number of amides is 1. The number of para-hydroxylation sites is 1. The Balaban J connectivity index is 2.02. The lowest BCUT2D eigenvalue weighted by Crippen LogP contribution is -2.31. The lowest BCUT2D eigenvalue weighted by Gasteiger charge is -2.15. The summed E-state index contributed by atoms with van der Waals surface area (Å²) in [6.45, 7) is 1.58. The van der Waals surface area contributed by atoms with Gasteiger partial charge in [0.2, 0.25) is 5.91 Å². The van der Waals surface area contributed by atoms with Crippen molar-refractivity contribution < 1.29 is 9.00 Å². The monoisotopic (exact) mass is 252 g/mol. The Morgan fingerprint density at radius 1 is 1.29 bits per heavy atom. The standard InChI is InChI=1S/C12H16N2O2S/c13-10-5-1-2-6-11(10)17(16)9-12(15)14-7-3-4-8-14/h1-2,5-6H,3-4,7-9,13H2. The molecule has 1 unspecified atom stereocenters. The molecule has 2 N–H and O–H groups in total. The topological polar surface area (TPSA) is 63.4 Å². The second kappa shape index (κ2) is 5.31. The minimum atomic E-state index is -1.34. The summed E-state index contributed by atoms with van der Waals surface area (Å²) in [5.41, 5.74) is 6.22. The van der Waals surface area contributed by atoms with Crippen LogP contribution in [0.5, 0.6) is 0 Å². The van der Waals surface area contributed by atoms with Crippen molar-refractivity contribution in [3.63, 3.8) is 0 Å². The minimum absolute atomic E-state index is 0.0359. The molecule has 0 aliphatic carbocycles. The van der Waals surface area contributed by atoms with Crippen LogP contribution in [0, 0.1) is 0 Å². The molecule has 1 heterocycles. The number of likely N-dealkylation sites (tertiary alicyclic amines) is 1. The highest BCUT2D eigenvalue weighted by atomic mass is 32.2. The van der Waals surface area contributed by atoms with E-state index < -0.39 is 10.8 Å². The van der Waals surface area contributed by atoms with Gasteiger partial charge in [-0.25, -0.2) is 0 Å². The highest BCUT2D eigenvalue weighted by molar-refractivity contribution is 7.86. The Labute approximate surface area is 103 Å². The van der Waals surface area contributed by atoms with Crippen LogP contribution in [0.4, 0.5) is 5.69 Å². The fourth-order valence-corrected chi connectivity index (χ4v) is 3.06. The first-order chi connectivity index (χ1) is 8.18. The van der Waals surface area contributed by atoms with Crippen LogP contribution in [0.2, 0.25) is 0 Å². The average Bonchev–Trinajstić information content (AvgIpc) is 2.82. The van der Waals surface area contributed by atoms with E-state index >= 15 is 0 Å². The SMILES string of the molecule is Nc1ccccc1S(=O)CC(=O)N1CCCC1. The van der Waals surface area contributed by atoms with Crippen LogP contribution >= 0.6 is 0 Å². The number of carbonyl (C=O) groups is 1. The summed E-state index contributed by atoms with van der Waals surface area (Å²) < 4.78 is 12.0. The van der Waals surface area contributed by atoms with E-state index in [0.717, 1.165) is 25.9 Å². The van der Waals surface area contributed by atoms with Crippen molar-refractivity contribution in [2.45, 2.75) is 17.7 Å². The van der Waals surface area contributed by atoms with Gasteiger partial charge < -0.3 is 10.6 Å². The smallest absolute Gasteiger partial charge is 0.235 e. The Kier molecular flexibility index (Phi) is 3.78. The number of nitrogens with zero attached hydrogens (tertiary/aromatic N) is 1. The number of nitrogens with two attached hydrogens (primary N) is 1. The molecule has 0 spiro atoms. The number of hydrogen-bond acceptors (Lipinski definition) is 3. The molecule has 1 aliphatic rings. The second-order valence-electron chi connectivity index (χ2n) is 4.12. The van der Waals surface area contributed by atoms with Gasteiger partial charge in [-0.1, -0.05) is 12.1 Å². The molecule has 1 amide bonds. The van der Waals surface area contributed by atoms with Crippen molar-refractivity contribution in [3.05, 3.63) is 24.3 Å². The van der Waals surface area contributed by atoms with Crippen LogP contribution in [-0.4, -0.2) is 33.9 Å². The molecule has 2 rings (SSSR count). The second-order valence-corrected chi connectivity index (χ2v) is 5.54. The van der Waals surface area contributed by atoms with Gasteiger partial charge in [0.1, 0.15) is 5.75 Å². The van der Waals surface area contributed by atoms with E-state index in [1.165, 1.54) is 0 Å². The lowest BCUT2D eigenvalue weighted by atomic mass is 10.3. The zero-order chi connectivity index (χ0) is 12.3. The molecule has 0 saturated carbocycles. The fourth-order valence-electron chi connectivity index (χ4n) is 1.94. The summed E-state index contributed by atoms with van der Waals surface area (Å²) in [5, 5.41) is 0. The third-order valence-corrected chi connectivity index (χ3v) is 4.25. The third-order valence-electron chi connectivity index (χ3n) is 2.88. The average molecular weight is 252 g/mol. The maximum atomic E-state index is 12.0. The summed E-state index contributed by atoms with van der Waals surface area (Å²) in [5.74, 6) is -0.00196. The molecular weight excluding hydrogens is 236 g/mol. The van der Waals surface area contributed by atoms with Crippen molar-refractivity contribution in [2.24, 2.45) is 0 Å². The van der Waals surface area contributed by atoms with Crippen LogP contribution in [-0.2, 0) is 15.6 Å². The zero-order valence-electron chi connectivity index (χ0n) is 9.59. The zero-order valence-corrected chi connectivity index (χ0v) is 10.4. The van der Waals surface area contributed by atoms with Gasteiger partial charge in [-0.15, -0.1) is 0 Å². The summed E-state index contributed by atoms with van der Waals surface area (Å²) in [6.07, 6.45) is 2.09. The first kappa shape index (κ1) is 12.1. The molecule has 1 aliphatic heterocycles. The first-order valence-corrected chi connectivity index (χ1v) is 7.01. The fraction of sp³-hybridized carbons (Fsp3) is 0.417. The Morgan fingerprint density at radius 3 is 2.59 bits per heavy atom. The van der Waals surface area contributed by atoms with Gasteiger partial charge in [0.15, 0.2) is 0 Å². The Hall–Kier alpha value is -1.36. The van der Waals surface area contributed by atoms with Gasteiger partial charge in [0.25, 0.3) is 0 Å². The summed E-state index contributed by atoms with van der Waals surface area (Å²) in [7, 11) is -1.34. The predicted octanol–water partition coefficient (Wildman–Crippen LogP) is 0.999. The molecule has 17 heavy (non-hydrogen) atoms. The lowest BCUT2D eigenvalue weighted by molar-refractivity contribution is -0.127. The molecule has 1 aromatic carbocycles. The maximum absolute atomic E-state index is 12.0. The molecule has 5 heteroatoms. The molecule has 1 aromatic rings. The summed E-state index contributed by atoms with van der Waals surface area (Å²) in [6, 6.07) is 6.98. The summed E-state index contributed by atoms with van der Waals surface area (Å²) in [4.78, 5) is 14.2. The molecule has 92 valence electrons. The highest BCUT2D eigenvalue weighted by Crippen LogP contribution is 2.16. The van der Waals surface area contributed by atoms with Crippen molar-refractivity contribution >= 4 is 22.4 Å². The maximum Gasteiger partial charge on any atom is 0.235 e. The van der Waals surface area contributed by atoms with E-state index in [1.807, 2.05) is 0 Å². The Morgan fingerprint density at radius 2 is 1.94 bits per heavy atom. The van der Waals surface area contributed by atoms with E-state index in [-0.39, 0.29) is 11.7 Å². The van der Waals surface area contributed by atoms with E-state index in [0.29, 0.717) is 10.6 Å². The van der Waals surface area contributed by atoms with Crippen LogP contribution in [0.3, 0.4) is 0 Å². The number of carbonyl (C=O) groups excluding carboxylic acids is 1. The Bertz CT molecular complexity index is 442. The van der Waals surface area contributed by atoms with Crippen LogP contribution in [0.1, 0.15) is 12.8 Å².